The minimum absolute atomic E-state index is 0.197. The van der Waals surface area contributed by atoms with Crippen molar-refractivity contribution >= 4 is 11.6 Å². The van der Waals surface area contributed by atoms with Crippen LogP contribution in [-0.2, 0) is 0 Å². The molecule has 4 nitrogen and oxygen atoms in total. The lowest BCUT2D eigenvalue weighted by molar-refractivity contribution is 0.102. The molecule has 1 aromatic heterocycles. The molecule has 0 spiro atoms. The molecule has 0 fully saturated rings. The molecule has 4 heteroatoms. The Morgan fingerprint density at radius 1 is 1.42 bits per heavy atom. The molecule has 3 N–H and O–H groups in total. The lowest BCUT2D eigenvalue weighted by Gasteiger charge is -2.07. The summed E-state index contributed by atoms with van der Waals surface area (Å²) in [6.45, 7) is 2.25. The maximum atomic E-state index is 11.9. The number of carbonyl (C=O) groups is 1. The summed E-state index contributed by atoms with van der Waals surface area (Å²) in [5, 5.41) is 2.82. The summed E-state index contributed by atoms with van der Waals surface area (Å²) >= 11 is 0. The minimum atomic E-state index is -0.197. The molecule has 0 aliphatic carbocycles. The molecule has 0 bridgehead atoms. The van der Waals surface area contributed by atoms with E-state index < -0.39 is 0 Å². The van der Waals surface area contributed by atoms with Crippen LogP contribution in [0.2, 0.25) is 0 Å². The van der Waals surface area contributed by atoms with Gasteiger partial charge in [0, 0.05) is 11.3 Å². The van der Waals surface area contributed by atoms with E-state index in [-0.39, 0.29) is 5.91 Å². The molecule has 0 saturated carbocycles. The Bertz CT molecular complexity index is 634. The first kappa shape index (κ1) is 12.9. The maximum Gasteiger partial charge on any atom is 0.258 e. The highest BCUT2D eigenvalue weighted by atomic mass is 16.3. The van der Waals surface area contributed by atoms with Crippen molar-refractivity contribution in [3.63, 3.8) is 0 Å². The van der Waals surface area contributed by atoms with Gasteiger partial charge in [0.1, 0.15) is 6.26 Å². The standard InChI is InChI=1S/C15H14N2O2/c1-11-9-12(3-2-7-16)4-5-14(11)17-15(18)13-6-8-19-10-13/h4-6,8-10H,7,16H2,1H3,(H,17,18). The van der Waals surface area contributed by atoms with Gasteiger partial charge in [-0.25, -0.2) is 0 Å². The van der Waals surface area contributed by atoms with Crippen LogP contribution in [0.1, 0.15) is 21.5 Å². The van der Waals surface area contributed by atoms with Gasteiger partial charge < -0.3 is 15.5 Å². The first-order chi connectivity index (χ1) is 9.20. The second-order valence-corrected chi connectivity index (χ2v) is 4.00. The van der Waals surface area contributed by atoms with E-state index in [0.717, 1.165) is 16.8 Å². The van der Waals surface area contributed by atoms with Crippen LogP contribution in [0.5, 0.6) is 0 Å². The lowest BCUT2D eigenvalue weighted by atomic mass is 10.1. The zero-order valence-electron chi connectivity index (χ0n) is 10.6. The number of amides is 1. The number of benzene rings is 1. The van der Waals surface area contributed by atoms with Crippen LogP contribution in [0.15, 0.2) is 41.2 Å². The third kappa shape index (κ3) is 3.24. The van der Waals surface area contributed by atoms with Crippen molar-refractivity contribution < 1.29 is 9.21 Å². The first-order valence-corrected chi connectivity index (χ1v) is 5.84. The lowest BCUT2D eigenvalue weighted by Crippen LogP contribution is -2.11. The van der Waals surface area contributed by atoms with E-state index in [1.165, 1.54) is 12.5 Å². The van der Waals surface area contributed by atoms with E-state index >= 15 is 0 Å². The van der Waals surface area contributed by atoms with E-state index in [4.69, 9.17) is 10.2 Å². The van der Waals surface area contributed by atoms with E-state index in [1.807, 2.05) is 25.1 Å². The van der Waals surface area contributed by atoms with Gasteiger partial charge in [0.05, 0.1) is 18.4 Å². The molecular weight excluding hydrogens is 240 g/mol. The summed E-state index contributed by atoms with van der Waals surface area (Å²) in [7, 11) is 0. The topological polar surface area (TPSA) is 68.3 Å². The molecule has 0 radical (unpaired) electrons. The van der Waals surface area contributed by atoms with Crippen LogP contribution in [-0.4, -0.2) is 12.5 Å². The van der Waals surface area contributed by atoms with Gasteiger partial charge in [0.25, 0.3) is 5.91 Å². The van der Waals surface area contributed by atoms with Crippen molar-refractivity contribution in [1.29, 1.82) is 0 Å². The van der Waals surface area contributed by atoms with E-state index in [2.05, 4.69) is 17.2 Å². The number of nitrogens with one attached hydrogen (secondary N) is 1. The highest BCUT2D eigenvalue weighted by molar-refractivity contribution is 6.04. The predicted octanol–water partition coefficient (Wildman–Crippen LogP) is 2.15. The molecule has 1 aromatic carbocycles. The molecule has 1 heterocycles. The zero-order chi connectivity index (χ0) is 13.7. The Labute approximate surface area is 111 Å². The highest BCUT2D eigenvalue weighted by Gasteiger charge is 2.08. The van der Waals surface area contributed by atoms with Crippen LogP contribution in [0.4, 0.5) is 5.69 Å². The normalized spacial score (nSPS) is 9.58. The second-order valence-electron chi connectivity index (χ2n) is 4.00. The van der Waals surface area contributed by atoms with Crippen molar-refractivity contribution in [2.45, 2.75) is 6.92 Å². The van der Waals surface area contributed by atoms with Crippen molar-refractivity contribution in [2.24, 2.45) is 5.73 Å². The van der Waals surface area contributed by atoms with Crippen molar-refractivity contribution in [2.75, 3.05) is 11.9 Å². The fraction of sp³-hybridized carbons (Fsp3) is 0.133. The number of furan rings is 1. The SMILES string of the molecule is Cc1cc(C#CCN)ccc1NC(=O)c1ccoc1. The summed E-state index contributed by atoms with van der Waals surface area (Å²) in [6.07, 6.45) is 2.87. The Balaban J connectivity index is 2.15. The summed E-state index contributed by atoms with van der Waals surface area (Å²) in [5.74, 6) is 5.55. The number of aryl methyl sites for hydroxylation is 1. The average Bonchev–Trinajstić information content (AvgIpc) is 2.93. The number of carbonyl (C=O) groups excluding carboxylic acids is 1. The first-order valence-electron chi connectivity index (χ1n) is 5.84. The molecule has 2 rings (SSSR count). The highest BCUT2D eigenvalue weighted by Crippen LogP contribution is 2.17. The summed E-state index contributed by atoms with van der Waals surface area (Å²) < 4.78 is 4.88. The molecule has 19 heavy (non-hydrogen) atoms. The Hall–Kier alpha value is -2.51. The molecule has 1 amide bonds. The zero-order valence-corrected chi connectivity index (χ0v) is 10.6. The fourth-order valence-electron chi connectivity index (χ4n) is 1.62. The summed E-state index contributed by atoms with van der Waals surface area (Å²) in [5.41, 5.74) is 8.40. The summed E-state index contributed by atoms with van der Waals surface area (Å²) in [6, 6.07) is 7.20. The molecule has 0 aliphatic heterocycles. The van der Waals surface area contributed by atoms with Gasteiger partial charge in [-0.2, -0.15) is 0 Å². The van der Waals surface area contributed by atoms with Crippen molar-refractivity contribution in [1.82, 2.24) is 0 Å². The van der Waals surface area contributed by atoms with Crippen LogP contribution in [0.25, 0.3) is 0 Å². The van der Waals surface area contributed by atoms with E-state index in [1.54, 1.807) is 6.07 Å². The molecular formula is C15H14N2O2. The molecule has 0 atom stereocenters. The van der Waals surface area contributed by atoms with Gasteiger partial charge in [0.2, 0.25) is 0 Å². The quantitative estimate of drug-likeness (QED) is 0.807. The molecule has 0 saturated heterocycles. The van der Waals surface area contributed by atoms with Gasteiger partial charge in [-0.05, 0) is 36.8 Å². The molecule has 0 aliphatic rings. The monoisotopic (exact) mass is 254 g/mol. The van der Waals surface area contributed by atoms with Gasteiger partial charge in [-0.1, -0.05) is 11.8 Å². The van der Waals surface area contributed by atoms with Gasteiger partial charge in [-0.3, -0.25) is 4.79 Å². The van der Waals surface area contributed by atoms with E-state index in [9.17, 15) is 4.79 Å². The van der Waals surface area contributed by atoms with Gasteiger partial charge in [0.15, 0.2) is 0 Å². The number of rotatable bonds is 2. The van der Waals surface area contributed by atoms with Crippen molar-refractivity contribution in [3.05, 3.63) is 53.5 Å². The van der Waals surface area contributed by atoms with Gasteiger partial charge >= 0.3 is 0 Å². The Morgan fingerprint density at radius 3 is 2.89 bits per heavy atom. The number of hydrogen-bond acceptors (Lipinski definition) is 3. The van der Waals surface area contributed by atoms with Crippen LogP contribution < -0.4 is 11.1 Å². The molecule has 0 unspecified atom stereocenters. The van der Waals surface area contributed by atoms with Crippen molar-refractivity contribution in [3.8, 4) is 11.8 Å². The minimum Gasteiger partial charge on any atom is -0.472 e. The van der Waals surface area contributed by atoms with E-state index in [0.29, 0.717) is 12.1 Å². The Kier molecular flexibility index (Phi) is 4.01. The maximum absolute atomic E-state index is 11.9. The largest absolute Gasteiger partial charge is 0.472 e. The molecule has 2 aromatic rings. The van der Waals surface area contributed by atoms with Crippen LogP contribution in [0.3, 0.4) is 0 Å². The number of nitrogens with two attached hydrogens (primary N) is 1. The second kappa shape index (κ2) is 5.89. The third-order valence-corrected chi connectivity index (χ3v) is 2.59. The van der Waals surface area contributed by atoms with Crippen LogP contribution in [0, 0.1) is 18.8 Å². The smallest absolute Gasteiger partial charge is 0.258 e. The summed E-state index contributed by atoms with van der Waals surface area (Å²) in [4.78, 5) is 11.9. The number of hydrogen-bond donors (Lipinski definition) is 2. The Morgan fingerprint density at radius 2 is 2.26 bits per heavy atom. The van der Waals surface area contributed by atoms with Crippen LogP contribution >= 0.6 is 0 Å². The fourth-order valence-corrected chi connectivity index (χ4v) is 1.62. The molecule has 96 valence electrons. The van der Waals surface area contributed by atoms with Gasteiger partial charge in [-0.15, -0.1) is 0 Å². The predicted molar refractivity (Wildman–Crippen MR) is 73.8 cm³/mol. The average molecular weight is 254 g/mol. The number of anilines is 1. The third-order valence-electron chi connectivity index (χ3n) is 2.59.